The van der Waals surface area contributed by atoms with Gasteiger partial charge in [-0.3, -0.25) is 9.69 Å². The molecule has 1 saturated heterocycles. The molecule has 1 atom stereocenters. The molecular weight excluding hydrogens is 330 g/mol. The number of nitrogens with zero attached hydrogens (tertiary/aromatic N) is 1. The zero-order valence-corrected chi connectivity index (χ0v) is 15.6. The van der Waals surface area contributed by atoms with Crippen LogP contribution in [-0.2, 0) is 10.3 Å². The highest BCUT2D eigenvalue weighted by Crippen LogP contribution is 2.42. The lowest BCUT2D eigenvalue weighted by atomic mass is 9.87. The van der Waals surface area contributed by atoms with E-state index in [1.807, 2.05) is 6.07 Å². The summed E-state index contributed by atoms with van der Waals surface area (Å²) in [5, 5.41) is 6.76. The van der Waals surface area contributed by atoms with Crippen molar-refractivity contribution in [2.45, 2.75) is 44.2 Å². The standard InChI is InChI=1S/C20H29N3O3/c1-15-13-21-8-9-23(15)14-19(24)22-20(6-2-3-7-20)16-4-5-17-18(12-16)26-11-10-25-17/h4-5,12,15,21H,2-3,6-11,13-14H2,1H3,(H,22,24)/t15-/m1/s1. The highest BCUT2D eigenvalue weighted by atomic mass is 16.6. The summed E-state index contributed by atoms with van der Waals surface area (Å²) in [5.41, 5.74) is 0.866. The SMILES string of the molecule is C[C@@H]1CNCCN1CC(=O)NC1(c2ccc3c(c2)OCCO3)CCCC1. The number of rotatable bonds is 4. The lowest BCUT2D eigenvalue weighted by Gasteiger charge is -2.36. The topological polar surface area (TPSA) is 62.8 Å². The smallest absolute Gasteiger partial charge is 0.234 e. The first-order valence-electron chi connectivity index (χ1n) is 9.82. The van der Waals surface area contributed by atoms with E-state index in [0.717, 1.165) is 62.4 Å². The molecule has 6 nitrogen and oxygen atoms in total. The van der Waals surface area contributed by atoms with Gasteiger partial charge in [0.2, 0.25) is 5.91 Å². The fourth-order valence-corrected chi connectivity index (χ4v) is 4.41. The van der Waals surface area contributed by atoms with E-state index < -0.39 is 0 Å². The zero-order chi connectivity index (χ0) is 18.0. The van der Waals surface area contributed by atoms with Gasteiger partial charge in [0.25, 0.3) is 0 Å². The number of carbonyl (C=O) groups is 1. The molecule has 142 valence electrons. The van der Waals surface area contributed by atoms with Crippen LogP contribution in [0.3, 0.4) is 0 Å². The predicted octanol–water partition coefficient (Wildman–Crippen LogP) is 1.64. The molecule has 3 aliphatic rings. The van der Waals surface area contributed by atoms with Crippen LogP contribution in [0.15, 0.2) is 18.2 Å². The van der Waals surface area contributed by atoms with Gasteiger partial charge >= 0.3 is 0 Å². The van der Waals surface area contributed by atoms with E-state index in [9.17, 15) is 4.79 Å². The third kappa shape index (κ3) is 3.53. The third-order valence-electron chi connectivity index (χ3n) is 5.92. The maximum atomic E-state index is 12.9. The van der Waals surface area contributed by atoms with Crippen LogP contribution in [0.4, 0.5) is 0 Å². The maximum Gasteiger partial charge on any atom is 0.234 e. The Hall–Kier alpha value is -1.79. The van der Waals surface area contributed by atoms with Gasteiger partial charge < -0.3 is 20.1 Å². The summed E-state index contributed by atoms with van der Waals surface area (Å²) in [6.07, 6.45) is 4.24. The Morgan fingerprint density at radius 1 is 1.27 bits per heavy atom. The van der Waals surface area contributed by atoms with Gasteiger partial charge in [0, 0.05) is 25.7 Å². The summed E-state index contributed by atoms with van der Waals surface area (Å²) < 4.78 is 11.4. The second-order valence-electron chi connectivity index (χ2n) is 7.72. The van der Waals surface area contributed by atoms with Crippen molar-refractivity contribution >= 4 is 5.91 Å². The molecule has 0 bridgehead atoms. The second-order valence-corrected chi connectivity index (χ2v) is 7.72. The normalized spacial score (nSPS) is 25.0. The molecule has 2 N–H and O–H groups in total. The first kappa shape index (κ1) is 17.6. The number of nitrogens with one attached hydrogen (secondary N) is 2. The van der Waals surface area contributed by atoms with Gasteiger partial charge in [-0.15, -0.1) is 0 Å². The van der Waals surface area contributed by atoms with Gasteiger partial charge in [0.1, 0.15) is 13.2 Å². The van der Waals surface area contributed by atoms with E-state index in [4.69, 9.17) is 9.47 Å². The zero-order valence-electron chi connectivity index (χ0n) is 15.6. The molecule has 2 aliphatic heterocycles. The molecule has 1 aromatic rings. The van der Waals surface area contributed by atoms with Crippen molar-refractivity contribution in [1.82, 2.24) is 15.5 Å². The molecule has 0 unspecified atom stereocenters. The quantitative estimate of drug-likeness (QED) is 0.856. The number of hydrogen-bond donors (Lipinski definition) is 2. The molecule has 26 heavy (non-hydrogen) atoms. The summed E-state index contributed by atoms with van der Waals surface area (Å²) in [5.74, 6) is 1.72. The van der Waals surface area contributed by atoms with Gasteiger partial charge in [-0.05, 0) is 37.5 Å². The fraction of sp³-hybridized carbons (Fsp3) is 0.650. The second kappa shape index (κ2) is 7.45. The molecule has 1 aromatic carbocycles. The van der Waals surface area contributed by atoms with Gasteiger partial charge in [-0.25, -0.2) is 0 Å². The van der Waals surface area contributed by atoms with Crippen LogP contribution in [-0.4, -0.2) is 56.2 Å². The Kier molecular flexibility index (Phi) is 5.05. The van der Waals surface area contributed by atoms with Crippen molar-refractivity contribution in [2.24, 2.45) is 0 Å². The minimum atomic E-state index is -0.274. The average Bonchev–Trinajstić information content (AvgIpc) is 3.13. The molecule has 0 aromatic heterocycles. The molecule has 0 radical (unpaired) electrons. The summed E-state index contributed by atoms with van der Waals surface area (Å²) >= 11 is 0. The lowest BCUT2D eigenvalue weighted by Crippen LogP contribution is -2.54. The van der Waals surface area contributed by atoms with Crippen LogP contribution in [0.25, 0.3) is 0 Å². The van der Waals surface area contributed by atoms with Crippen molar-refractivity contribution in [2.75, 3.05) is 39.4 Å². The number of piperazine rings is 1. The van der Waals surface area contributed by atoms with Crippen molar-refractivity contribution in [1.29, 1.82) is 0 Å². The molecule has 2 fully saturated rings. The highest BCUT2D eigenvalue weighted by molar-refractivity contribution is 5.79. The monoisotopic (exact) mass is 359 g/mol. The van der Waals surface area contributed by atoms with E-state index in [0.29, 0.717) is 25.8 Å². The molecule has 1 saturated carbocycles. The van der Waals surface area contributed by atoms with Gasteiger partial charge in [-0.2, -0.15) is 0 Å². The molecule has 2 heterocycles. The van der Waals surface area contributed by atoms with Crippen LogP contribution < -0.4 is 20.1 Å². The molecule has 0 spiro atoms. The Morgan fingerprint density at radius 2 is 2.04 bits per heavy atom. The van der Waals surface area contributed by atoms with E-state index in [2.05, 4.69) is 34.6 Å². The molecular formula is C20H29N3O3. The maximum absolute atomic E-state index is 12.9. The minimum absolute atomic E-state index is 0.121. The number of amides is 1. The number of hydrogen-bond acceptors (Lipinski definition) is 5. The first-order chi connectivity index (χ1) is 12.7. The van der Waals surface area contributed by atoms with E-state index in [1.165, 1.54) is 0 Å². The Bertz CT molecular complexity index is 658. The Morgan fingerprint density at radius 3 is 2.81 bits per heavy atom. The molecule has 6 heteroatoms. The summed E-state index contributed by atoms with van der Waals surface area (Å²) in [4.78, 5) is 15.1. The summed E-state index contributed by atoms with van der Waals surface area (Å²) in [6.45, 7) is 6.63. The van der Waals surface area contributed by atoms with Gasteiger partial charge in [0.05, 0.1) is 12.1 Å². The minimum Gasteiger partial charge on any atom is -0.486 e. The molecule has 1 amide bonds. The molecule has 1 aliphatic carbocycles. The largest absolute Gasteiger partial charge is 0.486 e. The van der Waals surface area contributed by atoms with Crippen molar-refractivity contribution in [3.8, 4) is 11.5 Å². The van der Waals surface area contributed by atoms with Gasteiger partial charge in [0.15, 0.2) is 11.5 Å². The third-order valence-corrected chi connectivity index (χ3v) is 5.92. The van der Waals surface area contributed by atoms with Gasteiger partial charge in [-0.1, -0.05) is 18.9 Å². The lowest BCUT2D eigenvalue weighted by molar-refractivity contribution is -0.125. The van der Waals surface area contributed by atoms with E-state index in [-0.39, 0.29) is 11.4 Å². The fourth-order valence-electron chi connectivity index (χ4n) is 4.41. The number of benzene rings is 1. The van der Waals surface area contributed by atoms with E-state index >= 15 is 0 Å². The van der Waals surface area contributed by atoms with Crippen molar-refractivity contribution in [3.63, 3.8) is 0 Å². The van der Waals surface area contributed by atoms with E-state index in [1.54, 1.807) is 0 Å². The number of carbonyl (C=O) groups excluding carboxylic acids is 1. The highest BCUT2D eigenvalue weighted by Gasteiger charge is 2.38. The Balaban J connectivity index is 1.50. The van der Waals surface area contributed by atoms with Crippen LogP contribution in [0.5, 0.6) is 11.5 Å². The predicted molar refractivity (Wildman–Crippen MR) is 99.6 cm³/mol. The average molecular weight is 359 g/mol. The van der Waals surface area contributed by atoms with Crippen LogP contribution >= 0.6 is 0 Å². The summed E-state index contributed by atoms with van der Waals surface area (Å²) in [7, 11) is 0. The van der Waals surface area contributed by atoms with Crippen molar-refractivity contribution < 1.29 is 14.3 Å². The summed E-state index contributed by atoms with van der Waals surface area (Å²) in [6, 6.07) is 6.53. The van der Waals surface area contributed by atoms with Crippen LogP contribution in [0.2, 0.25) is 0 Å². The van der Waals surface area contributed by atoms with Crippen molar-refractivity contribution in [3.05, 3.63) is 23.8 Å². The number of ether oxygens (including phenoxy) is 2. The Labute approximate surface area is 155 Å². The van der Waals surface area contributed by atoms with Crippen LogP contribution in [0.1, 0.15) is 38.2 Å². The first-order valence-corrected chi connectivity index (χ1v) is 9.82. The van der Waals surface area contributed by atoms with Crippen LogP contribution in [0, 0.1) is 0 Å². The number of fused-ring (bicyclic) bond motifs is 1. The molecule has 4 rings (SSSR count).